The van der Waals surface area contributed by atoms with Crippen LogP contribution in [0.25, 0.3) is 0 Å². The first-order chi connectivity index (χ1) is 8.97. The molecule has 0 spiro atoms. The van der Waals surface area contributed by atoms with Crippen molar-refractivity contribution in [3.8, 4) is 0 Å². The number of nitrogens with one attached hydrogen (secondary N) is 1. The van der Waals surface area contributed by atoms with Crippen LogP contribution in [0.4, 0.5) is 11.6 Å². The Morgan fingerprint density at radius 2 is 1.89 bits per heavy atom. The van der Waals surface area contributed by atoms with Crippen molar-refractivity contribution < 1.29 is 0 Å². The molecule has 0 radical (unpaired) electrons. The maximum atomic E-state index is 4.50. The van der Waals surface area contributed by atoms with Crippen LogP contribution in [0.1, 0.15) is 52.5 Å². The second-order valence-corrected chi connectivity index (χ2v) is 5.82. The maximum Gasteiger partial charge on any atom is 0.137 e. The Morgan fingerprint density at radius 3 is 2.42 bits per heavy atom. The van der Waals surface area contributed by atoms with Crippen molar-refractivity contribution in [1.82, 2.24) is 9.97 Å². The van der Waals surface area contributed by atoms with Gasteiger partial charge in [0, 0.05) is 25.7 Å². The van der Waals surface area contributed by atoms with E-state index in [2.05, 4.69) is 61.9 Å². The van der Waals surface area contributed by atoms with Crippen LogP contribution in [-0.2, 0) is 0 Å². The SMILES string of the molecule is CCCNc1ncnc(N(C)CC(C)C)c1C(C)C. The lowest BCUT2D eigenvalue weighted by Gasteiger charge is -2.25. The molecule has 0 bridgehead atoms. The molecular weight excluding hydrogens is 236 g/mol. The topological polar surface area (TPSA) is 41.1 Å². The minimum absolute atomic E-state index is 0.408. The minimum Gasteiger partial charge on any atom is -0.370 e. The van der Waals surface area contributed by atoms with Crippen molar-refractivity contribution in [3.05, 3.63) is 11.9 Å². The second-order valence-electron chi connectivity index (χ2n) is 5.82. The fourth-order valence-electron chi connectivity index (χ4n) is 2.24. The Labute approximate surface area is 117 Å². The van der Waals surface area contributed by atoms with Gasteiger partial charge < -0.3 is 10.2 Å². The van der Waals surface area contributed by atoms with Crippen LogP contribution in [0.5, 0.6) is 0 Å². The number of anilines is 2. The molecule has 4 heteroatoms. The molecule has 1 aromatic heterocycles. The van der Waals surface area contributed by atoms with Crippen molar-refractivity contribution in [2.45, 2.75) is 47.0 Å². The first kappa shape index (κ1) is 15.7. The first-order valence-electron chi connectivity index (χ1n) is 7.27. The average Bonchev–Trinajstić information content (AvgIpc) is 2.34. The molecule has 0 saturated heterocycles. The molecule has 1 rings (SSSR count). The zero-order valence-electron chi connectivity index (χ0n) is 13.2. The van der Waals surface area contributed by atoms with Gasteiger partial charge in [0.15, 0.2) is 0 Å². The Morgan fingerprint density at radius 1 is 1.21 bits per heavy atom. The molecule has 0 unspecified atom stereocenters. The van der Waals surface area contributed by atoms with Gasteiger partial charge in [-0.05, 0) is 18.3 Å². The third-order valence-corrected chi connectivity index (χ3v) is 2.98. The number of nitrogens with zero attached hydrogens (tertiary/aromatic N) is 3. The molecular formula is C15H28N4. The highest BCUT2D eigenvalue weighted by atomic mass is 15.2. The summed E-state index contributed by atoms with van der Waals surface area (Å²) in [5, 5.41) is 3.42. The fraction of sp³-hybridized carbons (Fsp3) is 0.733. The van der Waals surface area contributed by atoms with Crippen molar-refractivity contribution in [1.29, 1.82) is 0 Å². The molecule has 19 heavy (non-hydrogen) atoms. The highest BCUT2D eigenvalue weighted by molar-refractivity contribution is 5.60. The van der Waals surface area contributed by atoms with Crippen LogP contribution in [0, 0.1) is 5.92 Å². The van der Waals surface area contributed by atoms with Gasteiger partial charge in [0.05, 0.1) is 0 Å². The standard InChI is InChI=1S/C15H28N4/c1-7-8-16-14-13(12(4)5)15(18-10-17-14)19(6)9-11(2)3/h10-12H,7-9H2,1-6H3,(H,16,17,18). The molecule has 1 heterocycles. The van der Waals surface area contributed by atoms with Crippen LogP contribution in [-0.4, -0.2) is 30.1 Å². The number of hydrogen-bond donors (Lipinski definition) is 1. The van der Waals surface area contributed by atoms with Crippen LogP contribution < -0.4 is 10.2 Å². The molecule has 0 fully saturated rings. The summed E-state index contributed by atoms with van der Waals surface area (Å²) >= 11 is 0. The van der Waals surface area contributed by atoms with E-state index in [1.165, 1.54) is 5.56 Å². The summed E-state index contributed by atoms with van der Waals surface area (Å²) in [4.78, 5) is 11.1. The molecule has 0 aliphatic carbocycles. The minimum atomic E-state index is 0.408. The molecule has 1 N–H and O–H groups in total. The molecule has 0 amide bonds. The lowest BCUT2D eigenvalue weighted by Crippen LogP contribution is -2.25. The highest BCUT2D eigenvalue weighted by Gasteiger charge is 2.18. The van der Waals surface area contributed by atoms with E-state index < -0.39 is 0 Å². The van der Waals surface area contributed by atoms with Gasteiger partial charge in [-0.15, -0.1) is 0 Å². The zero-order valence-corrected chi connectivity index (χ0v) is 13.2. The van der Waals surface area contributed by atoms with Crippen LogP contribution in [0.15, 0.2) is 6.33 Å². The summed E-state index contributed by atoms with van der Waals surface area (Å²) in [5.41, 5.74) is 1.22. The van der Waals surface area contributed by atoms with E-state index in [9.17, 15) is 0 Å². The predicted octanol–water partition coefficient (Wildman–Crippen LogP) is 3.51. The number of hydrogen-bond acceptors (Lipinski definition) is 4. The van der Waals surface area contributed by atoms with Crippen molar-refractivity contribution in [2.24, 2.45) is 5.92 Å². The van der Waals surface area contributed by atoms with Gasteiger partial charge in [0.2, 0.25) is 0 Å². The quantitative estimate of drug-likeness (QED) is 0.818. The smallest absolute Gasteiger partial charge is 0.137 e. The number of rotatable bonds is 7. The van der Waals surface area contributed by atoms with E-state index >= 15 is 0 Å². The maximum absolute atomic E-state index is 4.50. The summed E-state index contributed by atoms with van der Waals surface area (Å²) in [5.74, 6) is 3.06. The molecule has 0 aliphatic heterocycles. The van der Waals surface area contributed by atoms with Crippen molar-refractivity contribution in [3.63, 3.8) is 0 Å². The predicted molar refractivity (Wildman–Crippen MR) is 83.0 cm³/mol. The summed E-state index contributed by atoms with van der Waals surface area (Å²) in [6.45, 7) is 13.0. The molecule has 0 saturated carbocycles. The van der Waals surface area contributed by atoms with E-state index in [1.54, 1.807) is 6.33 Å². The lowest BCUT2D eigenvalue weighted by molar-refractivity contribution is 0.630. The van der Waals surface area contributed by atoms with Gasteiger partial charge in [0.25, 0.3) is 0 Å². The average molecular weight is 264 g/mol. The molecule has 1 aromatic rings. The fourth-order valence-corrected chi connectivity index (χ4v) is 2.24. The first-order valence-corrected chi connectivity index (χ1v) is 7.27. The van der Waals surface area contributed by atoms with E-state index in [0.717, 1.165) is 31.1 Å². The second kappa shape index (κ2) is 7.31. The molecule has 0 aliphatic rings. The Hall–Kier alpha value is -1.32. The van der Waals surface area contributed by atoms with Crippen LogP contribution in [0.2, 0.25) is 0 Å². The third kappa shape index (κ3) is 4.37. The largest absolute Gasteiger partial charge is 0.370 e. The molecule has 108 valence electrons. The molecule has 4 nitrogen and oxygen atoms in total. The Balaban J connectivity index is 3.08. The molecule has 0 atom stereocenters. The molecule has 0 aromatic carbocycles. The van der Waals surface area contributed by atoms with Gasteiger partial charge in [-0.3, -0.25) is 0 Å². The van der Waals surface area contributed by atoms with E-state index in [-0.39, 0.29) is 0 Å². The van der Waals surface area contributed by atoms with Gasteiger partial charge in [-0.25, -0.2) is 9.97 Å². The van der Waals surface area contributed by atoms with Gasteiger partial charge in [-0.1, -0.05) is 34.6 Å². The van der Waals surface area contributed by atoms with Crippen molar-refractivity contribution >= 4 is 11.6 Å². The van der Waals surface area contributed by atoms with Crippen molar-refractivity contribution in [2.75, 3.05) is 30.4 Å². The third-order valence-electron chi connectivity index (χ3n) is 2.98. The van der Waals surface area contributed by atoms with Gasteiger partial charge in [-0.2, -0.15) is 0 Å². The van der Waals surface area contributed by atoms with Gasteiger partial charge in [0.1, 0.15) is 18.0 Å². The van der Waals surface area contributed by atoms with E-state index in [0.29, 0.717) is 11.8 Å². The van der Waals surface area contributed by atoms with Crippen LogP contribution in [0.3, 0.4) is 0 Å². The van der Waals surface area contributed by atoms with E-state index in [4.69, 9.17) is 0 Å². The normalized spacial score (nSPS) is 11.2. The lowest BCUT2D eigenvalue weighted by atomic mass is 10.0. The summed E-state index contributed by atoms with van der Waals surface area (Å²) in [6.07, 6.45) is 2.76. The van der Waals surface area contributed by atoms with Gasteiger partial charge >= 0.3 is 0 Å². The number of aromatic nitrogens is 2. The Kier molecular flexibility index (Phi) is 6.06. The highest BCUT2D eigenvalue weighted by Crippen LogP contribution is 2.30. The monoisotopic (exact) mass is 264 g/mol. The van der Waals surface area contributed by atoms with Crippen LogP contribution >= 0.6 is 0 Å². The summed E-state index contributed by atoms with van der Waals surface area (Å²) in [6, 6.07) is 0. The van der Waals surface area contributed by atoms with E-state index in [1.807, 2.05) is 0 Å². The summed E-state index contributed by atoms with van der Waals surface area (Å²) < 4.78 is 0. The Bertz CT molecular complexity index is 388. The summed E-state index contributed by atoms with van der Waals surface area (Å²) in [7, 11) is 2.11. The zero-order chi connectivity index (χ0) is 14.4.